The van der Waals surface area contributed by atoms with Gasteiger partial charge in [0.1, 0.15) is 17.9 Å². The molecule has 0 saturated carbocycles. The quantitative estimate of drug-likeness (QED) is 0.816. The van der Waals surface area contributed by atoms with Gasteiger partial charge in [0.2, 0.25) is 5.13 Å². The number of rotatable bonds is 6. The smallest absolute Gasteiger partial charge is 0.302 e. The number of nitrogens with zero attached hydrogens (tertiary/aromatic N) is 2. The van der Waals surface area contributed by atoms with Gasteiger partial charge in [-0.3, -0.25) is 14.9 Å². The summed E-state index contributed by atoms with van der Waals surface area (Å²) in [4.78, 5) is 23.3. The normalized spacial score (nSPS) is 10.4. The lowest BCUT2D eigenvalue weighted by Gasteiger charge is -2.13. The highest BCUT2D eigenvalue weighted by Crippen LogP contribution is 2.21. The largest absolute Gasteiger partial charge is 0.491 e. The van der Waals surface area contributed by atoms with E-state index in [1.807, 2.05) is 13.8 Å². The Morgan fingerprint density at radius 1 is 1.30 bits per heavy atom. The maximum absolute atomic E-state index is 12.3. The molecule has 0 aliphatic rings. The number of hydrogen-bond acceptors (Lipinski definition) is 7. The second-order valence-electron chi connectivity index (χ2n) is 5.01. The third-order valence-corrected chi connectivity index (χ3v) is 3.23. The van der Waals surface area contributed by atoms with Crippen molar-refractivity contribution in [3.8, 4) is 5.75 Å². The van der Waals surface area contributed by atoms with Gasteiger partial charge in [0, 0.05) is 12.5 Å². The molecule has 0 aliphatic heterocycles. The van der Waals surface area contributed by atoms with Crippen LogP contribution in [0.4, 0.5) is 5.13 Å². The average molecular weight is 335 g/mol. The zero-order valence-corrected chi connectivity index (χ0v) is 13.8. The summed E-state index contributed by atoms with van der Waals surface area (Å²) < 4.78 is 10.6. The van der Waals surface area contributed by atoms with Crippen molar-refractivity contribution >= 4 is 28.3 Å². The molecule has 1 heterocycles. The van der Waals surface area contributed by atoms with Crippen LogP contribution in [0.25, 0.3) is 0 Å². The third-order valence-electron chi connectivity index (χ3n) is 2.62. The summed E-state index contributed by atoms with van der Waals surface area (Å²) in [5.74, 6) is -0.188. The second-order valence-corrected chi connectivity index (χ2v) is 5.84. The minimum atomic E-state index is -0.389. The van der Waals surface area contributed by atoms with Crippen LogP contribution in [0.5, 0.6) is 5.75 Å². The van der Waals surface area contributed by atoms with E-state index < -0.39 is 0 Å². The van der Waals surface area contributed by atoms with E-state index in [4.69, 9.17) is 9.47 Å². The zero-order valence-electron chi connectivity index (χ0n) is 13.0. The van der Waals surface area contributed by atoms with E-state index in [-0.39, 0.29) is 24.6 Å². The third kappa shape index (κ3) is 5.33. The summed E-state index contributed by atoms with van der Waals surface area (Å²) in [6.45, 7) is 5.18. The van der Waals surface area contributed by atoms with E-state index >= 15 is 0 Å². The van der Waals surface area contributed by atoms with Crippen molar-refractivity contribution in [2.75, 3.05) is 5.32 Å². The highest BCUT2D eigenvalue weighted by atomic mass is 32.1. The maximum Gasteiger partial charge on any atom is 0.302 e. The fourth-order valence-corrected chi connectivity index (χ4v) is 2.24. The zero-order chi connectivity index (χ0) is 16.8. The Kier molecular flexibility index (Phi) is 5.64. The monoisotopic (exact) mass is 335 g/mol. The molecule has 1 N–H and O–H groups in total. The van der Waals surface area contributed by atoms with E-state index in [9.17, 15) is 9.59 Å². The molecule has 8 heteroatoms. The molecule has 2 aromatic rings. The Morgan fingerprint density at radius 2 is 2.09 bits per heavy atom. The van der Waals surface area contributed by atoms with Gasteiger partial charge in [-0.2, -0.15) is 0 Å². The number of hydrogen-bond donors (Lipinski definition) is 1. The Hall–Kier alpha value is -2.48. The fraction of sp³-hybridized carbons (Fsp3) is 0.333. The van der Waals surface area contributed by atoms with Crippen LogP contribution in [-0.2, 0) is 16.1 Å². The number of carbonyl (C=O) groups excluding carboxylic acids is 2. The molecule has 7 nitrogen and oxygen atoms in total. The van der Waals surface area contributed by atoms with Crippen molar-refractivity contribution in [3.63, 3.8) is 0 Å². The number of anilines is 1. The van der Waals surface area contributed by atoms with Gasteiger partial charge >= 0.3 is 5.97 Å². The van der Waals surface area contributed by atoms with E-state index in [1.165, 1.54) is 23.8 Å². The fourth-order valence-electron chi connectivity index (χ4n) is 1.80. The lowest BCUT2D eigenvalue weighted by molar-refractivity contribution is -0.142. The van der Waals surface area contributed by atoms with Crippen molar-refractivity contribution in [1.82, 2.24) is 10.2 Å². The maximum atomic E-state index is 12.3. The van der Waals surface area contributed by atoms with E-state index in [2.05, 4.69) is 15.5 Å². The van der Waals surface area contributed by atoms with Crippen molar-refractivity contribution in [2.45, 2.75) is 33.5 Å². The number of esters is 1. The van der Waals surface area contributed by atoms with Crippen LogP contribution in [0.3, 0.4) is 0 Å². The molecule has 0 fully saturated rings. The molecule has 1 aromatic carbocycles. The van der Waals surface area contributed by atoms with Gasteiger partial charge in [0.05, 0.1) is 6.10 Å². The van der Waals surface area contributed by atoms with Gasteiger partial charge in [-0.1, -0.05) is 11.3 Å². The summed E-state index contributed by atoms with van der Waals surface area (Å²) in [6.07, 6.45) is -0.0435. The molecule has 1 aromatic heterocycles. The van der Waals surface area contributed by atoms with E-state index in [0.717, 1.165) is 0 Å². The van der Waals surface area contributed by atoms with Crippen LogP contribution in [0.2, 0.25) is 0 Å². The highest BCUT2D eigenvalue weighted by Gasteiger charge is 2.12. The summed E-state index contributed by atoms with van der Waals surface area (Å²) in [6, 6.07) is 5.02. The first-order valence-corrected chi connectivity index (χ1v) is 7.83. The Balaban J connectivity index is 2.23. The van der Waals surface area contributed by atoms with Crippen LogP contribution in [0, 0.1) is 0 Å². The molecule has 0 unspecified atom stereocenters. The van der Waals surface area contributed by atoms with Gasteiger partial charge in [0.15, 0.2) is 0 Å². The highest BCUT2D eigenvalue weighted by molar-refractivity contribution is 7.13. The van der Waals surface area contributed by atoms with Crippen LogP contribution >= 0.6 is 11.3 Å². The predicted octanol–water partition coefficient (Wildman–Crippen LogP) is 2.64. The Morgan fingerprint density at radius 3 is 2.70 bits per heavy atom. The first-order chi connectivity index (χ1) is 10.9. The molecular weight excluding hydrogens is 318 g/mol. The molecule has 1 amide bonds. The average Bonchev–Trinajstić information content (AvgIpc) is 2.97. The second kappa shape index (κ2) is 7.68. The van der Waals surface area contributed by atoms with Crippen LogP contribution < -0.4 is 10.1 Å². The van der Waals surface area contributed by atoms with Gasteiger partial charge in [-0.05, 0) is 37.6 Å². The minimum Gasteiger partial charge on any atom is -0.491 e. The number of benzene rings is 1. The number of ether oxygens (including phenoxy) is 2. The predicted molar refractivity (Wildman–Crippen MR) is 85.5 cm³/mol. The van der Waals surface area contributed by atoms with Crippen molar-refractivity contribution in [1.29, 1.82) is 0 Å². The SMILES string of the molecule is CC(=O)OCc1cc(OC(C)C)cc(C(=O)Nc2nncs2)c1. The summed E-state index contributed by atoms with van der Waals surface area (Å²) >= 11 is 1.22. The number of nitrogens with one attached hydrogen (secondary N) is 1. The lowest BCUT2D eigenvalue weighted by atomic mass is 10.1. The van der Waals surface area contributed by atoms with Crippen LogP contribution in [-0.4, -0.2) is 28.2 Å². The standard InChI is InChI=1S/C15H17N3O4S/c1-9(2)22-13-5-11(7-21-10(3)19)4-12(6-13)14(20)17-15-18-16-8-23-15/h4-6,8-9H,7H2,1-3H3,(H,17,18,20). The Bertz CT molecular complexity index is 686. The van der Waals surface area contributed by atoms with Gasteiger partial charge in [0.25, 0.3) is 5.91 Å². The van der Waals surface area contributed by atoms with Gasteiger partial charge < -0.3 is 9.47 Å². The van der Waals surface area contributed by atoms with Crippen LogP contribution in [0.15, 0.2) is 23.7 Å². The number of carbonyl (C=O) groups is 2. The first kappa shape index (κ1) is 16.9. The van der Waals surface area contributed by atoms with Crippen molar-refractivity contribution in [2.24, 2.45) is 0 Å². The van der Waals surface area contributed by atoms with E-state index in [0.29, 0.717) is 22.0 Å². The molecule has 0 atom stereocenters. The first-order valence-electron chi connectivity index (χ1n) is 6.95. The molecule has 0 bridgehead atoms. The minimum absolute atomic E-state index is 0.0435. The molecule has 23 heavy (non-hydrogen) atoms. The molecule has 0 saturated heterocycles. The molecule has 2 rings (SSSR count). The lowest BCUT2D eigenvalue weighted by Crippen LogP contribution is -2.14. The number of aromatic nitrogens is 2. The van der Waals surface area contributed by atoms with Gasteiger partial charge in [-0.25, -0.2) is 0 Å². The Labute approximate surface area is 137 Å². The molecule has 122 valence electrons. The van der Waals surface area contributed by atoms with Gasteiger partial charge in [-0.15, -0.1) is 10.2 Å². The van der Waals surface area contributed by atoms with Crippen LogP contribution in [0.1, 0.15) is 36.7 Å². The summed E-state index contributed by atoms with van der Waals surface area (Å²) in [5, 5.41) is 10.5. The molecule has 0 radical (unpaired) electrons. The molecule has 0 aliphatic carbocycles. The summed E-state index contributed by atoms with van der Waals surface area (Å²) in [7, 11) is 0. The summed E-state index contributed by atoms with van der Waals surface area (Å²) in [5.41, 5.74) is 2.58. The molecule has 0 spiro atoms. The van der Waals surface area contributed by atoms with E-state index in [1.54, 1.807) is 18.2 Å². The van der Waals surface area contributed by atoms with Crippen molar-refractivity contribution in [3.05, 3.63) is 34.8 Å². The number of amides is 1. The topological polar surface area (TPSA) is 90.4 Å². The molecular formula is C15H17N3O4S. The van der Waals surface area contributed by atoms with Crippen molar-refractivity contribution < 1.29 is 19.1 Å².